The Kier molecular flexibility index (Phi) is 6.16. The average molecular weight is 437 g/mol. The largest absolute Gasteiger partial charge is 0.480 e. The lowest BCUT2D eigenvalue weighted by Crippen LogP contribution is -2.41. The zero-order valence-electron chi connectivity index (χ0n) is 17.1. The molecule has 2 N–H and O–H groups in total. The van der Waals surface area contributed by atoms with Gasteiger partial charge in [-0.15, -0.1) is 0 Å². The summed E-state index contributed by atoms with van der Waals surface area (Å²) >= 11 is 0. The summed E-state index contributed by atoms with van der Waals surface area (Å²) in [4.78, 5) is 23.9. The van der Waals surface area contributed by atoms with Crippen LogP contribution in [-0.2, 0) is 16.0 Å². The number of carbonyl (C=O) groups is 2. The van der Waals surface area contributed by atoms with Crippen molar-refractivity contribution in [3.05, 3.63) is 95.1 Å². The Hall–Kier alpha value is -3.74. The summed E-state index contributed by atoms with van der Waals surface area (Å²) in [5.74, 6) is -2.98. The van der Waals surface area contributed by atoms with Gasteiger partial charge in [0.15, 0.2) is 0 Å². The highest BCUT2D eigenvalue weighted by Gasteiger charge is 2.29. The molecule has 0 aliphatic heterocycles. The third-order valence-corrected chi connectivity index (χ3v) is 5.68. The van der Waals surface area contributed by atoms with Crippen LogP contribution in [0, 0.1) is 11.6 Å². The molecule has 1 unspecified atom stereocenters. The molecule has 3 aromatic rings. The molecular formula is C25H21F2NO4. The van der Waals surface area contributed by atoms with Crippen LogP contribution in [0.2, 0.25) is 0 Å². The molecule has 0 saturated heterocycles. The minimum absolute atomic E-state index is 0.0359. The minimum atomic E-state index is -1.34. The maximum absolute atomic E-state index is 13.8. The monoisotopic (exact) mass is 437 g/mol. The quantitative estimate of drug-likeness (QED) is 0.552. The maximum atomic E-state index is 13.8. The molecule has 0 aromatic heterocycles. The fraction of sp³-hybridized carbons (Fsp3) is 0.200. The summed E-state index contributed by atoms with van der Waals surface area (Å²) in [5, 5.41) is 11.7. The summed E-state index contributed by atoms with van der Waals surface area (Å²) in [6.07, 6.45) is -1.26. The van der Waals surface area contributed by atoms with Gasteiger partial charge in [0.2, 0.25) is 0 Å². The Morgan fingerprint density at radius 2 is 1.47 bits per heavy atom. The second-order valence-electron chi connectivity index (χ2n) is 7.60. The lowest BCUT2D eigenvalue weighted by molar-refractivity contribution is -0.139. The molecule has 4 rings (SSSR count). The van der Waals surface area contributed by atoms with Crippen LogP contribution in [0.3, 0.4) is 0 Å². The number of ether oxygens (including phenoxy) is 1. The summed E-state index contributed by atoms with van der Waals surface area (Å²) in [6, 6.07) is 17.8. The molecule has 5 nitrogen and oxygen atoms in total. The fourth-order valence-electron chi connectivity index (χ4n) is 4.10. The van der Waals surface area contributed by atoms with Crippen molar-refractivity contribution in [1.29, 1.82) is 0 Å². The summed E-state index contributed by atoms with van der Waals surface area (Å²) in [5.41, 5.74) is 4.01. The van der Waals surface area contributed by atoms with Gasteiger partial charge in [0, 0.05) is 11.5 Å². The summed E-state index contributed by atoms with van der Waals surface area (Å²) in [7, 11) is 0. The molecule has 0 spiro atoms. The molecule has 164 valence electrons. The van der Waals surface area contributed by atoms with Crippen LogP contribution in [0.4, 0.5) is 13.6 Å². The van der Waals surface area contributed by atoms with Crippen molar-refractivity contribution in [2.45, 2.75) is 24.8 Å². The van der Waals surface area contributed by atoms with Gasteiger partial charge in [-0.2, -0.15) is 0 Å². The zero-order valence-corrected chi connectivity index (χ0v) is 17.1. The number of benzene rings is 3. The van der Waals surface area contributed by atoms with E-state index in [2.05, 4.69) is 5.32 Å². The van der Waals surface area contributed by atoms with Crippen LogP contribution in [0.5, 0.6) is 0 Å². The molecule has 7 heteroatoms. The molecule has 0 bridgehead atoms. The van der Waals surface area contributed by atoms with Gasteiger partial charge in [0.1, 0.15) is 24.3 Å². The first-order chi connectivity index (χ1) is 15.5. The lowest BCUT2D eigenvalue weighted by atomic mass is 9.98. The van der Waals surface area contributed by atoms with Crippen molar-refractivity contribution in [2.24, 2.45) is 0 Å². The summed E-state index contributed by atoms with van der Waals surface area (Å²) < 4.78 is 33.0. The smallest absolute Gasteiger partial charge is 0.407 e. The van der Waals surface area contributed by atoms with E-state index in [1.165, 1.54) is 6.07 Å². The van der Waals surface area contributed by atoms with E-state index >= 15 is 0 Å². The highest BCUT2D eigenvalue weighted by atomic mass is 19.1. The molecule has 1 aliphatic rings. The van der Waals surface area contributed by atoms with E-state index in [1.54, 1.807) is 0 Å². The number of hydrogen-bond acceptors (Lipinski definition) is 3. The first-order valence-corrected chi connectivity index (χ1v) is 10.2. The van der Waals surface area contributed by atoms with E-state index < -0.39 is 29.7 Å². The highest BCUT2D eigenvalue weighted by molar-refractivity contribution is 5.81. The van der Waals surface area contributed by atoms with Gasteiger partial charge < -0.3 is 15.2 Å². The standard InChI is InChI=1S/C25H21F2NO4/c26-21-10-5-11-22(27)19(21)12-13-23(24(29)30)28-25(31)32-14-20-17-8-3-1-6-15(17)16-7-2-4-9-18(16)20/h1-11,20,23H,12-14H2,(H,28,31)(H,29,30). The predicted octanol–water partition coefficient (Wildman–Crippen LogP) is 4.89. The lowest BCUT2D eigenvalue weighted by Gasteiger charge is -2.17. The average Bonchev–Trinajstić information content (AvgIpc) is 3.10. The van der Waals surface area contributed by atoms with Crippen LogP contribution < -0.4 is 5.32 Å². The number of carboxylic acids is 1. The number of hydrogen-bond donors (Lipinski definition) is 2. The Balaban J connectivity index is 1.40. The highest BCUT2D eigenvalue weighted by Crippen LogP contribution is 2.44. The van der Waals surface area contributed by atoms with Crippen molar-refractivity contribution in [1.82, 2.24) is 5.32 Å². The molecule has 0 heterocycles. The van der Waals surface area contributed by atoms with Crippen molar-refractivity contribution >= 4 is 12.1 Å². The molecule has 32 heavy (non-hydrogen) atoms. The maximum Gasteiger partial charge on any atom is 0.407 e. The van der Waals surface area contributed by atoms with Crippen LogP contribution in [0.15, 0.2) is 66.7 Å². The number of rotatable bonds is 7. The number of carbonyl (C=O) groups excluding carboxylic acids is 1. The Labute approximate surface area is 183 Å². The van der Waals surface area contributed by atoms with E-state index in [0.29, 0.717) is 0 Å². The minimum Gasteiger partial charge on any atom is -0.480 e. The number of nitrogens with one attached hydrogen (secondary N) is 1. The van der Waals surface area contributed by atoms with E-state index in [0.717, 1.165) is 34.4 Å². The SMILES string of the molecule is O=C(NC(CCc1c(F)cccc1F)C(=O)O)OCC1c2ccccc2-c2ccccc21. The Bertz CT molecular complexity index is 1100. The molecule has 1 aliphatic carbocycles. The topological polar surface area (TPSA) is 75.6 Å². The zero-order chi connectivity index (χ0) is 22.7. The first kappa shape index (κ1) is 21.5. The first-order valence-electron chi connectivity index (χ1n) is 10.2. The number of aliphatic carboxylic acids is 1. The van der Waals surface area contributed by atoms with E-state index in [1.807, 2.05) is 48.5 Å². The van der Waals surface area contributed by atoms with Gasteiger partial charge in [0.05, 0.1) is 0 Å². The summed E-state index contributed by atoms with van der Waals surface area (Å²) in [6.45, 7) is 0.0359. The van der Waals surface area contributed by atoms with Gasteiger partial charge in [-0.25, -0.2) is 18.4 Å². The third kappa shape index (κ3) is 4.32. The molecule has 3 aromatic carbocycles. The van der Waals surface area contributed by atoms with Crippen LogP contribution >= 0.6 is 0 Å². The third-order valence-electron chi connectivity index (χ3n) is 5.68. The van der Waals surface area contributed by atoms with Crippen molar-refractivity contribution in [3.8, 4) is 11.1 Å². The number of halogens is 2. The van der Waals surface area contributed by atoms with Gasteiger partial charge in [0.25, 0.3) is 0 Å². The number of carboxylic acid groups (broad SMARTS) is 1. The number of fused-ring (bicyclic) bond motifs is 3. The van der Waals surface area contributed by atoms with Gasteiger partial charge in [-0.05, 0) is 47.2 Å². The van der Waals surface area contributed by atoms with Crippen LogP contribution in [0.1, 0.15) is 29.0 Å². The van der Waals surface area contributed by atoms with Crippen LogP contribution in [-0.4, -0.2) is 29.8 Å². The number of amides is 1. The molecule has 1 atom stereocenters. The molecule has 0 fully saturated rings. The van der Waals surface area contributed by atoms with E-state index in [-0.39, 0.29) is 30.9 Å². The molecule has 0 saturated carbocycles. The predicted molar refractivity (Wildman–Crippen MR) is 114 cm³/mol. The van der Waals surface area contributed by atoms with Gasteiger partial charge in [-0.1, -0.05) is 54.6 Å². The van der Waals surface area contributed by atoms with E-state index in [4.69, 9.17) is 4.74 Å². The Morgan fingerprint density at radius 1 is 0.906 bits per heavy atom. The normalized spacial score (nSPS) is 13.2. The second kappa shape index (κ2) is 9.18. The van der Waals surface area contributed by atoms with Crippen LogP contribution in [0.25, 0.3) is 11.1 Å². The van der Waals surface area contributed by atoms with Gasteiger partial charge in [-0.3, -0.25) is 0 Å². The second-order valence-corrected chi connectivity index (χ2v) is 7.60. The number of alkyl carbamates (subject to hydrolysis) is 1. The van der Waals surface area contributed by atoms with Crippen molar-refractivity contribution in [3.63, 3.8) is 0 Å². The van der Waals surface area contributed by atoms with Crippen molar-refractivity contribution in [2.75, 3.05) is 6.61 Å². The van der Waals surface area contributed by atoms with E-state index in [9.17, 15) is 23.5 Å². The fourth-order valence-corrected chi connectivity index (χ4v) is 4.10. The molecule has 1 amide bonds. The Morgan fingerprint density at radius 3 is 2.03 bits per heavy atom. The van der Waals surface area contributed by atoms with Gasteiger partial charge >= 0.3 is 12.1 Å². The van der Waals surface area contributed by atoms with Crippen molar-refractivity contribution < 1.29 is 28.2 Å². The molecular weight excluding hydrogens is 416 g/mol. The molecule has 0 radical (unpaired) electrons.